The van der Waals surface area contributed by atoms with Gasteiger partial charge in [0.2, 0.25) is 0 Å². The molecular formula is C16H17N5O. The molecule has 2 heterocycles. The molecule has 0 aliphatic heterocycles. The summed E-state index contributed by atoms with van der Waals surface area (Å²) in [5, 5.41) is 11.2. The molecule has 6 heteroatoms. The van der Waals surface area contributed by atoms with Gasteiger partial charge in [0, 0.05) is 31.5 Å². The maximum absolute atomic E-state index is 11.9. The van der Waals surface area contributed by atoms with Crippen molar-refractivity contribution in [3.8, 4) is 0 Å². The normalized spacial score (nSPS) is 10.6. The molecular weight excluding hydrogens is 278 g/mol. The maximum Gasteiger partial charge on any atom is 0.254 e. The third kappa shape index (κ3) is 3.41. The average molecular weight is 295 g/mol. The van der Waals surface area contributed by atoms with E-state index in [9.17, 15) is 4.79 Å². The number of benzene rings is 1. The second-order valence-electron chi connectivity index (χ2n) is 5.12. The Morgan fingerprint density at radius 3 is 2.64 bits per heavy atom. The van der Waals surface area contributed by atoms with Crippen LogP contribution in [0.4, 0.5) is 0 Å². The van der Waals surface area contributed by atoms with Crippen LogP contribution in [0.5, 0.6) is 0 Å². The SMILES string of the molecule is Cn1cc(C(=O)NCc2cnn(Cc3ccccc3)c2)cn1. The molecule has 0 bridgehead atoms. The molecule has 0 spiro atoms. The zero-order valence-electron chi connectivity index (χ0n) is 12.3. The van der Waals surface area contributed by atoms with E-state index in [1.165, 1.54) is 5.56 Å². The van der Waals surface area contributed by atoms with E-state index in [0.717, 1.165) is 12.1 Å². The smallest absolute Gasteiger partial charge is 0.254 e. The molecule has 0 unspecified atom stereocenters. The maximum atomic E-state index is 11.9. The lowest BCUT2D eigenvalue weighted by Gasteiger charge is -2.02. The first kappa shape index (κ1) is 14.1. The van der Waals surface area contributed by atoms with Gasteiger partial charge in [-0.25, -0.2) is 0 Å². The van der Waals surface area contributed by atoms with Crippen LogP contribution >= 0.6 is 0 Å². The number of hydrogen-bond acceptors (Lipinski definition) is 3. The van der Waals surface area contributed by atoms with Gasteiger partial charge in [-0.3, -0.25) is 14.2 Å². The van der Waals surface area contributed by atoms with E-state index in [0.29, 0.717) is 12.1 Å². The zero-order valence-corrected chi connectivity index (χ0v) is 12.3. The molecule has 0 atom stereocenters. The Morgan fingerprint density at radius 2 is 1.91 bits per heavy atom. The monoisotopic (exact) mass is 295 g/mol. The molecule has 0 fully saturated rings. The van der Waals surface area contributed by atoms with Gasteiger partial charge < -0.3 is 5.32 Å². The van der Waals surface area contributed by atoms with Crippen molar-refractivity contribution in [3.63, 3.8) is 0 Å². The number of nitrogens with zero attached hydrogens (tertiary/aromatic N) is 4. The number of rotatable bonds is 5. The van der Waals surface area contributed by atoms with Crippen molar-refractivity contribution in [3.05, 3.63) is 71.8 Å². The van der Waals surface area contributed by atoms with Gasteiger partial charge in [0.25, 0.3) is 5.91 Å². The predicted molar refractivity (Wildman–Crippen MR) is 82.1 cm³/mol. The van der Waals surface area contributed by atoms with Gasteiger partial charge in [-0.15, -0.1) is 0 Å². The molecule has 6 nitrogen and oxygen atoms in total. The van der Waals surface area contributed by atoms with Crippen molar-refractivity contribution in [2.24, 2.45) is 7.05 Å². The van der Waals surface area contributed by atoms with Crippen molar-refractivity contribution in [1.29, 1.82) is 0 Å². The third-order valence-electron chi connectivity index (χ3n) is 3.29. The van der Waals surface area contributed by atoms with Gasteiger partial charge >= 0.3 is 0 Å². The van der Waals surface area contributed by atoms with Gasteiger partial charge in [-0.2, -0.15) is 10.2 Å². The van der Waals surface area contributed by atoms with Crippen molar-refractivity contribution in [2.75, 3.05) is 0 Å². The minimum Gasteiger partial charge on any atom is -0.348 e. The number of carbonyl (C=O) groups excluding carboxylic acids is 1. The molecule has 0 aliphatic rings. The van der Waals surface area contributed by atoms with Gasteiger partial charge in [0.05, 0.1) is 24.5 Å². The van der Waals surface area contributed by atoms with Crippen LogP contribution < -0.4 is 5.32 Å². The fraction of sp³-hybridized carbons (Fsp3) is 0.188. The molecule has 3 aromatic rings. The number of nitrogens with one attached hydrogen (secondary N) is 1. The second kappa shape index (κ2) is 6.26. The van der Waals surface area contributed by atoms with E-state index < -0.39 is 0 Å². The predicted octanol–water partition coefficient (Wildman–Crippen LogP) is 1.59. The molecule has 0 saturated heterocycles. The van der Waals surface area contributed by atoms with E-state index in [2.05, 4.69) is 27.6 Å². The zero-order chi connectivity index (χ0) is 15.4. The van der Waals surface area contributed by atoms with E-state index in [1.807, 2.05) is 29.1 Å². The molecule has 112 valence electrons. The van der Waals surface area contributed by atoms with Crippen LogP contribution in [-0.2, 0) is 20.1 Å². The molecule has 2 aromatic heterocycles. The minimum atomic E-state index is -0.135. The fourth-order valence-electron chi connectivity index (χ4n) is 2.18. The largest absolute Gasteiger partial charge is 0.348 e. The summed E-state index contributed by atoms with van der Waals surface area (Å²) >= 11 is 0. The van der Waals surface area contributed by atoms with Gasteiger partial charge in [0.1, 0.15) is 0 Å². The lowest BCUT2D eigenvalue weighted by molar-refractivity contribution is 0.0951. The molecule has 3 rings (SSSR count). The molecule has 1 aromatic carbocycles. The van der Waals surface area contributed by atoms with Gasteiger partial charge in [-0.05, 0) is 5.56 Å². The summed E-state index contributed by atoms with van der Waals surface area (Å²) in [6.45, 7) is 1.17. The van der Waals surface area contributed by atoms with E-state index >= 15 is 0 Å². The van der Waals surface area contributed by atoms with E-state index in [-0.39, 0.29) is 5.91 Å². The summed E-state index contributed by atoms with van der Waals surface area (Å²) in [6.07, 6.45) is 6.95. The number of hydrogen-bond donors (Lipinski definition) is 1. The van der Waals surface area contributed by atoms with Crippen LogP contribution in [-0.4, -0.2) is 25.5 Å². The minimum absolute atomic E-state index is 0.135. The number of aromatic nitrogens is 4. The average Bonchev–Trinajstić information content (AvgIpc) is 3.15. The fourth-order valence-corrected chi connectivity index (χ4v) is 2.18. The molecule has 22 heavy (non-hydrogen) atoms. The van der Waals surface area contributed by atoms with Crippen molar-refractivity contribution in [1.82, 2.24) is 24.9 Å². The van der Waals surface area contributed by atoms with Crippen LogP contribution in [0.1, 0.15) is 21.5 Å². The van der Waals surface area contributed by atoms with Gasteiger partial charge in [0.15, 0.2) is 0 Å². The number of carbonyl (C=O) groups is 1. The highest BCUT2D eigenvalue weighted by Crippen LogP contribution is 2.04. The highest BCUT2D eigenvalue weighted by atomic mass is 16.1. The Morgan fingerprint density at radius 1 is 1.09 bits per heavy atom. The standard InChI is InChI=1S/C16H17N5O/c1-20-12-15(9-18-20)16(22)17-7-14-8-19-21(11-14)10-13-5-3-2-4-6-13/h2-6,8-9,11-12H,7,10H2,1H3,(H,17,22). The summed E-state index contributed by atoms with van der Waals surface area (Å²) in [5.74, 6) is -0.135. The highest BCUT2D eigenvalue weighted by molar-refractivity contribution is 5.93. The molecule has 0 radical (unpaired) electrons. The summed E-state index contributed by atoms with van der Waals surface area (Å²) in [6, 6.07) is 10.1. The van der Waals surface area contributed by atoms with Gasteiger partial charge in [-0.1, -0.05) is 30.3 Å². The Bertz CT molecular complexity index is 760. The van der Waals surface area contributed by atoms with Crippen LogP contribution in [0, 0.1) is 0 Å². The Balaban J connectivity index is 1.57. The van der Waals surface area contributed by atoms with Crippen LogP contribution in [0.3, 0.4) is 0 Å². The first-order chi connectivity index (χ1) is 10.7. The summed E-state index contributed by atoms with van der Waals surface area (Å²) in [5.41, 5.74) is 2.71. The molecule has 1 N–H and O–H groups in total. The topological polar surface area (TPSA) is 64.7 Å². The first-order valence-electron chi connectivity index (χ1n) is 7.03. The third-order valence-corrected chi connectivity index (χ3v) is 3.29. The highest BCUT2D eigenvalue weighted by Gasteiger charge is 2.08. The first-order valence-corrected chi connectivity index (χ1v) is 7.03. The Labute approximate surface area is 128 Å². The molecule has 1 amide bonds. The summed E-state index contributed by atoms with van der Waals surface area (Å²) in [7, 11) is 1.78. The molecule has 0 aliphatic carbocycles. The lowest BCUT2D eigenvalue weighted by atomic mass is 10.2. The molecule has 0 saturated carbocycles. The quantitative estimate of drug-likeness (QED) is 0.777. The Kier molecular flexibility index (Phi) is 4.00. The van der Waals surface area contributed by atoms with Crippen molar-refractivity contribution in [2.45, 2.75) is 13.1 Å². The van der Waals surface area contributed by atoms with Crippen molar-refractivity contribution >= 4 is 5.91 Å². The van der Waals surface area contributed by atoms with Crippen LogP contribution in [0.15, 0.2) is 55.1 Å². The number of aryl methyl sites for hydroxylation is 1. The van der Waals surface area contributed by atoms with Crippen LogP contribution in [0.2, 0.25) is 0 Å². The lowest BCUT2D eigenvalue weighted by Crippen LogP contribution is -2.22. The summed E-state index contributed by atoms with van der Waals surface area (Å²) in [4.78, 5) is 11.9. The second-order valence-corrected chi connectivity index (χ2v) is 5.12. The number of amides is 1. The van der Waals surface area contributed by atoms with E-state index in [1.54, 1.807) is 30.3 Å². The van der Waals surface area contributed by atoms with Crippen molar-refractivity contribution < 1.29 is 4.79 Å². The Hall–Kier alpha value is -2.89. The van der Waals surface area contributed by atoms with E-state index in [4.69, 9.17) is 0 Å². The van der Waals surface area contributed by atoms with Crippen LogP contribution in [0.25, 0.3) is 0 Å². The summed E-state index contributed by atoms with van der Waals surface area (Å²) < 4.78 is 3.47.